The highest BCUT2D eigenvalue weighted by Crippen LogP contribution is 2.12. The summed E-state index contributed by atoms with van der Waals surface area (Å²) in [6.45, 7) is 0.590. The average molecular weight is 371 g/mol. The minimum Gasteiger partial charge on any atom is -0.337 e. The number of hydrogen-bond acceptors (Lipinski definition) is 5. The Labute approximate surface area is 153 Å². The molecular formula is C18H15ClN4O3. The minimum atomic E-state index is -0.348. The summed E-state index contributed by atoms with van der Waals surface area (Å²) in [5, 5.41) is 4.52. The van der Waals surface area contributed by atoms with E-state index in [2.05, 4.69) is 10.1 Å². The van der Waals surface area contributed by atoms with Crippen LogP contribution in [-0.2, 0) is 19.5 Å². The molecule has 3 heterocycles. The zero-order valence-electron chi connectivity index (χ0n) is 13.8. The summed E-state index contributed by atoms with van der Waals surface area (Å²) in [7, 11) is 0. The van der Waals surface area contributed by atoms with Crippen molar-refractivity contribution in [3.8, 4) is 0 Å². The Hall–Kier alpha value is -2.93. The Morgan fingerprint density at radius 1 is 1.19 bits per heavy atom. The summed E-state index contributed by atoms with van der Waals surface area (Å²) in [5.74, 6) is 0.572. The normalized spacial score (nSPS) is 13.4. The molecule has 0 saturated carbocycles. The van der Waals surface area contributed by atoms with Gasteiger partial charge in [-0.25, -0.2) is 4.79 Å². The van der Waals surface area contributed by atoms with Gasteiger partial charge in [0.1, 0.15) is 6.54 Å². The first-order chi connectivity index (χ1) is 12.6. The molecular weight excluding hydrogens is 356 g/mol. The van der Waals surface area contributed by atoms with Crippen LogP contribution >= 0.6 is 11.6 Å². The lowest BCUT2D eigenvalue weighted by atomic mass is 10.2. The smallest absolute Gasteiger partial charge is 0.331 e. The molecule has 1 aliphatic heterocycles. The van der Waals surface area contributed by atoms with Crippen LogP contribution in [0.3, 0.4) is 0 Å². The molecule has 4 rings (SSSR count). The van der Waals surface area contributed by atoms with Gasteiger partial charge in [0.2, 0.25) is 5.89 Å². The van der Waals surface area contributed by atoms with Crippen molar-refractivity contribution in [3.05, 3.63) is 79.2 Å². The van der Waals surface area contributed by atoms with Gasteiger partial charge in [-0.3, -0.25) is 13.9 Å². The number of rotatable bonds is 4. The van der Waals surface area contributed by atoms with Gasteiger partial charge in [-0.05, 0) is 36.6 Å². The highest BCUT2D eigenvalue weighted by molar-refractivity contribution is 6.30. The van der Waals surface area contributed by atoms with E-state index in [0.717, 1.165) is 28.7 Å². The Kier molecular flexibility index (Phi) is 4.30. The van der Waals surface area contributed by atoms with Crippen LogP contribution < -0.4 is 11.2 Å². The predicted octanol–water partition coefficient (Wildman–Crippen LogP) is 2.21. The molecule has 3 aromatic rings. The first-order valence-corrected chi connectivity index (χ1v) is 8.58. The Bertz CT molecular complexity index is 1090. The molecule has 7 nitrogen and oxygen atoms in total. The zero-order chi connectivity index (χ0) is 18.1. The Balaban J connectivity index is 1.55. The van der Waals surface area contributed by atoms with E-state index in [1.165, 1.54) is 6.07 Å². The molecule has 0 bridgehead atoms. The van der Waals surface area contributed by atoms with Gasteiger partial charge in [-0.1, -0.05) is 35.0 Å². The zero-order valence-corrected chi connectivity index (χ0v) is 14.5. The van der Waals surface area contributed by atoms with Gasteiger partial charge in [-0.2, -0.15) is 4.98 Å². The molecule has 1 aromatic carbocycles. The maximum Gasteiger partial charge on any atom is 0.331 e. The lowest BCUT2D eigenvalue weighted by molar-refractivity contribution is 0.364. The monoisotopic (exact) mass is 370 g/mol. The van der Waals surface area contributed by atoms with Gasteiger partial charge in [0, 0.05) is 23.3 Å². The summed E-state index contributed by atoms with van der Waals surface area (Å²) in [6.07, 6.45) is 5.14. The maximum absolute atomic E-state index is 12.4. The standard InChI is InChI=1S/C18H15ClN4O3/c19-13-6-3-12(4-7-13)5-8-15-20-16(26-21-15)11-23-17(24)10-14-2-1-9-22(14)18(23)25/h3-8,10H,1-2,9,11H2/b8-5+. The molecule has 0 spiro atoms. The first-order valence-electron chi connectivity index (χ1n) is 8.20. The highest BCUT2D eigenvalue weighted by atomic mass is 35.5. The lowest BCUT2D eigenvalue weighted by Crippen LogP contribution is -2.39. The molecule has 0 fully saturated rings. The molecule has 26 heavy (non-hydrogen) atoms. The van der Waals surface area contributed by atoms with Crippen molar-refractivity contribution in [2.24, 2.45) is 0 Å². The van der Waals surface area contributed by atoms with Gasteiger partial charge in [0.15, 0.2) is 5.82 Å². The molecule has 2 aromatic heterocycles. The van der Waals surface area contributed by atoms with Crippen molar-refractivity contribution in [1.82, 2.24) is 19.3 Å². The summed E-state index contributed by atoms with van der Waals surface area (Å²) in [6, 6.07) is 8.81. The Morgan fingerprint density at radius 3 is 2.81 bits per heavy atom. The van der Waals surface area contributed by atoms with E-state index in [1.54, 1.807) is 22.8 Å². The average Bonchev–Trinajstić information content (AvgIpc) is 3.27. The van der Waals surface area contributed by atoms with E-state index >= 15 is 0 Å². The van der Waals surface area contributed by atoms with Gasteiger partial charge < -0.3 is 4.52 Å². The quantitative estimate of drug-likeness (QED) is 0.703. The van der Waals surface area contributed by atoms with Gasteiger partial charge in [0.25, 0.3) is 5.56 Å². The number of aryl methyl sites for hydroxylation is 1. The minimum absolute atomic E-state index is 0.0419. The summed E-state index contributed by atoms with van der Waals surface area (Å²) < 4.78 is 7.91. The number of fused-ring (bicyclic) bond motifs is 1. The molecule has 0 saturated heterocycles. The van der Waals surface area contributed by atoms with E-state index in [-0.39, 0.29) is 23.7 Å². The molecule has 1 aliphatic rings. The van der Waals surface area contributed by atoms with E-state index in [0.29, 0.717) is 17.4 Å². The second-order valence-electron chi connectivity index (χ2n) is 6.03. The van der Waals surface area contributed by atoms with Crippen molar-refractivity contribution >= 4 is 23.8 Å². The fourth-order valence-corrected chi connectivity index (χ4v) is 3.08. The molecule has 0 unspecified atom stereocenters. The van der Waals surface area contributed by atoms with Gasteiger partial charge >= 0.3 is 5.69 Å². The lowest BCUT2D eigenvalue weighted by Gasteiger charge is -2.06. The van der Waals surface area contributed by atoms with Crippen LogP contribution in [0.25, 0.3) is 12.2 Å². The van der Waals surface area contributed by atoms with Crippen LogP contribution in [0.4, 0.5) is 0 Å². The fraction of sp³-hybridized carbons (Fsp3) is 0.222. The third kappa shape index (κ3) is 3.25. The summed E-state index contributed by atoms with van der Waals surface area (Å²) in [4.78, 5) is 28.8. The first kappa shape index (κ1) is 16.5. The second kappa shape index (κ2) is 6.76. The van der Waals surface area contributed by atoms with Crippen molar-refractivity contribution in [2.45, 2.75) is 25.9 Å². The molecule has 0 atom stereocenters. The second-order valence-corrected chi connectivity index (χ2v) is 6.47. The topological polar surface area (TPSA) is 82.9 Å². The largest absolute Gasteiger partial charge is 0.337 e. The molecule has 0 N–H and O–H groups in total. The third-order valence-electron chi connectivity index (χ3n) is 4.25. The number of halogens is 1. The van der Waals surface area contributed by atoms with Gasteiger partial charge in [-0.15, -0.1) is 0 Å². The van der Waals surface area contributed by atoms with Gasteiger partial charge in [0.05, 0.1) is 0 Å². The Morgan fingerprint density at radius 2 is 2.00 bits per heavy atom. The van der Waals surface area contributed by atoms with Crippen LogP contribution in [0.5, 0.6) is 0 Å². The number of hydrogen-bond donors (Lipinski definition) is 0. The van der Waals surface area contributed by atoms with Crippen LogP contribution in [0.15, 0.2) is 44.4 Å². The van der Waals surface area contributed by atoms with Crippen LogP contribution in [0.2, 0.25) is 5.02 Å². The number of nitrogens with zero attached hydrogens (tertiary/aromatic N) is 4. The van der Waals surface area contributed by atoms with Crippen molar-refractivity contribution in [1.29, 1.82) is 0 Å². The van der Waals surface area contributed by atoms with Crippen molar-refractivity contribution < 1.29 is 4.52 Å². The van der Waals surface area contributed by atoms with Crippen molar-refractivity contribution in [2.75, 3.05) is 0 Å². The SMILES string of the molecule is O=c1cc2n(c(=O)n1Cc1nc(/C=C/c3ccc(Cl)cc3)no1)CCC2. The van der Waals surface area contributed by atoms with Crippen LogP contribution in [0, 0.1) is 0 Å². The van der Waals surface area contributed by atoms with E-state index in [9.17, 15) is 9.59 Å². The van der Waals surface area contributed by atoms with E-state index < -0.39 is 0 Å². The molecule has 0 amide bonds. The fourth-order valence-electron chi connectivity index (χ4n) is 2.95. The highest BCUT2D eigenvalue weighted by Gasteiger charge is 2.17. The van der Waals surface area contributed by atoms with E-state index in [1.807, 2.05) is 18.2 Å². The van der Waals surface area contributed by atoms with Crippen LogP contribution in [-0.4, -0.2) is 19.3 Å². The van der Waals surface area contributed by atoms with Crippen LogP contribution in [0.1, 0.15) is 29.4 Å². The molecule has 0 aliphatic carbocycles. The number of benzene rings is 1. The summed E-state index contributed by atoms with van der Waals surface area (Å²) in [5.41, 5.74) is 1.04. The van der Waals surface area contributed by atoms with Crippen molar-refractivity contribution in [3.63, 3.8) is 0 Å². The molecule has 8 heteroatoms. The number of aromatic nitrogens is 4. The molecule has 132 valence electrons. The maximum atomic E-state index is 12.4. The third-order valence-corrected chi connectivity index (χ3v) is 4.50. The predicted molar refractivity (Wildman–Crippen MR) is 97.1 cm³/mol. The van der Waals surface area contributed by atoms with E-state index in [4.69, 9.17) is 16.1 Å². The molecule has 0 radical (unpaired) electrons. The summed E-state index contributed by atoms with van der Waals surface area (Å²) >= 11 is 5.85.